The molecule has 15 heavy (non-hydrogen) atoms. The molecule has 0 fully saturated rings. The summed E-state index contributed by atoms with van der Waals surface area (Å²) in [6, 6.07) is 3.53. The average Bonchev–Trinajstić information content (AvgIpc) is 2.73. The molecule has 0 radical (unpaired) electrons. The summed E-state index contributed by atoms with van der Waals surface area (Å²) >= 11 is 5.56. The van der Waals surface area contributed by atoms with Crippen LogP contribution in [0.25, 0.3) is 5.70 Å². The van der Waals surface area contributed by atoms with E-state index in [4.69, 9.17) is 27.5 Å². The third-order valence-corrected chi connectivity index (χ3v) is 1.85. The standard InChI is InChI=1S/C9H11ClN2O.C2H6/c1-6(9(10)12)5-7(11)8-3-2-4-13-8;1-2/h2-5H,11-12H2,1H3;1-2H3/b7-5-,9-6-;. The minimum Gasteiger partial charge on any atom is -0.463 e. The van der Waals surface area contributed by atoms with E-state index in [0.717, 1.165) is 5.57 Å². The number of furan rings is 1. The lowest BCUT2D eigenvalue weighted by atomic mass is 10.2. The Kier molecular flexibility index (Phi) is 6.38. The number of nitrogens with two attached hydrogens (primary N) is 2. The fraction of sp³-hybridized carbons (Fsp3) is 0.273. The third-order valence-electron chi connectivity index (χ3n) is 1.55. The van der Waals surface area contributed by atoms with E-state index in [2.05, 4.69) is 0 Å². The Labute approximate surface area is 95.4 Å². The summed E-state index contributed by atoms with van der Waals surface area (Å²) in [7, 11) is 0. The number of allylic oxidation sites excluding steroid dienone is 2. The van der Waals surface area contributed by atoms with Crippen molar-refractivity contribution in [3.05, 3.63) is 41.0 Å². The van der Waals surface area contributed by atoms with Gasteiger partial charge in [0, 0.05) is 0 Å². The van der Waals surface area contributed by atoms with Gasteiger partial charge in [0.25, 0.3) is 0 Å². The first kappa shape index (κ1) is 13.7. The molecule has 0 amide bonds. The van der Waals surface area contributed by atoms with Crippen LogP contribution in [-0.2, 0) is 0 Å². The van der Waals surface area contributed by atoms with Gasteiger partial charge in [-0.1, -0.05) is 25.4 Å². The molecule has 1 rings (SSSR count). The first-order valence-electron chi connectivity index (χ1n) is 4.74. The van der Waals surface area contributed by atoms with Crippen LogP contribution in [0.15, 0.2) is 39.6 Å². The van der Waals surface area contributed by atoms with Crippen LogP contribution in [0.4, 0.5) is 0 Å². The van der Waals surface area contributed by atoms with E-state index in [1.165, 1.54) is 0 Å². The summed E-state index contributed by atoms with van der Waals surface area (Å²) in [6.45, 7) is 5.78. The summed E-state index contributed by atoms with van der Waals surface area (Å²) < 4.78 is 5.08. The normalized spacial score (nSPS) is 12.7. The van der Waals surface area contributed by atoms with Gasteiger partial charge < -0.3 is 15.9 Å². The van der Waals surface area contributed by atoms with Crippen LogP contribution in [0.3, 0.4) is 0 Å². The molecule has 0 aliphatic carbocycles. The van der Waals surface area contributed by atoms with Crippen LogP contribution >= 0.6 is 11.6 Å². The summed E-state index contributed by atoms with van der Waals surface area (Å²) in [5.41, 5.74) is 12.3. The van der Waals surface area contributed by atoms with E-state index in [9.17, 15) is 0 Å². The number of hydrogen-bond donors (Lipinski definition) is 2. The molecule has 0 spiro atoms. The largest absolute Gasteiger partial charge is 0.463 e. The summed E-state index contributed by atoms with van der Waals surface area (Å²) in [5.74, 6) is 0.609. The highest BCUT2D eigenvalue weighted by molar-refractivity contribution is 6.29. The lowest BCUT2D eigenvalue weighted by Gasteiger charge is -1.97. The maximum Gasteiger partial charge on any atom is 0.149 e. The molecule has 1 aromatic rings. The van der Waals surface area contributed by atoms with Crippen molar-refractivity contribution in [2.75, 3.05) is 0 Å². The predicted octanol–water partition coefficient (Wildman–Crippen LogP) is 3.03. The van der Waals surface area contributed by atoms with Gasteiger partial charge >= 0.3 is 0 Å². The van der Waals surface area contributed by atoms with Crippen LogP contribution in [0.2, 0.25) is 0 Å². The smallest absolute Gasteiger partial charge is 0.149 e. The Morgan fingerprint density at radius 2 is 2.00 bits per heavy atom. The number of rotatable bonds is 2. The maximum absolute atomic E-state index is 5.70. The minimum absolute atomic E-state index is 0.231. The summed E-state index contributed by atoms with van der Waals surface area (Å²) in [5, 5.41) is 0.231. The molecule has 0 bridgehead atoms. The van der Waals surface area contributed by atoms with E-state index in [-0.39, 0.29) is 5.16 Å². The van der Waals surface area contributed by atoms with E-state index in [1.807, 2.05) is 13.8 Å². The van der Waals surface area contributed by atoms with E-state index in [1.54, 1.807) is 31.4 Å². The highest BCUT2D eigenvalue weighted by Crippen LogP contribution is 2.13. The highest BCUT2D eigenvalue weighted by atomic mass is 35.5. The van der Waals surface area contributed by atoms with Gasteiger partial charge in [0.05, 0.1) is 12.0 Å². The number of hydrogen-bond acceptors (Lipinski definition) is 3. The van der Waals surface area contributed by atoms with Crippen molar-refractivity contribution < 1.29 is 4.42 Å². The molecule has 0 atom stereocenters. The van der Waals surface area contributed by atoms with Crippen molar-refractivity contribution in [3.8, 4) is 0 Å². The SMILES string of the molecule is CC.CC(/C=C(\N)c1ccco1)=C(/N)Cl. The molecular weight excluding hydrogens is 212 g/mol. The van der Waals surface area contributed by atoms with Crippen molar-refractivity contribution in [2.45, 2.75) is 20.8 Å². The van der Waals surface area contributed by atoms with Crippen LogP contribution in [-0.4, -0.2) is 0 Å². The second kappa shape index (κ2) is 7.01. The second-order valence-corrected chi connectivity index (χ2v) is 3.02. The average molecular weight is 229 g/mol. The molecule has 0 aromatic carbocycles. The monoisotopic (exact) mass is 228 g/mol. The first-order valence-corrected chi connectivity index (χ1v) is 5.12. The van der Waals surface area contributed by atoms with Crippen molar-refractivity contribution in [2.24, 2.45) is 11.5 Å². The van der Waals surface area contributed by atoms with Gasteiger partial charge in [-0.05, 0) is 30.7 Å². The Morgan fingerprint density at radius 1 is 1.40 bits per heavy atom. The first-order chi connectivity index (χ1) is 7.11. The van der Waals surface area contributed by atoms with Crippen molar-refractivity contribution in [3.63, 3.8) is 0 Å². The second-order valence-electron chi connectivity index (χ2n) is 2.61. The summed E-state index contributed by atoms with van der Waals surface area (Å²) in [6.07, 6.45) is 3.22. The minimum atomic E-state index is 0.231. The van der Waals surface area contributed by atoms with E-state index < -0.39 is 0 Å². The van der Waals surface area contributed by atoms with Gasteiger partial charge in [0.2, 0.25) is 0 Å². The van der Waals surface area contributed by atoms with Gasteiger partial charge in [-0.25, -0.2) is 0 Å². The quantitative estimate of drug-likeness (QED) is 0.604. The van der Waals surface area contributed by atoms with Gasteiger partial charge in [-0.3, -0.25) is 0 Å². The molecule has 84 valence electrons. The molecule has 0 saturated carbocycles. The molecular formula is C11H17ClN2O. The Hall–Kier alpha value is -1.35. The number of halogens is 1. The molecule has 0 aliphatic rings. The predicted molar refractivity (Wildman–Crippen MR) is 65.0 cm³/mol. The molecule has 1 heterocycles. The van der Waals surface area contributed by atoms with Crippen LogP contribution < -0.4 is 11.5 Å². The molecule has 4 heteroatoms. The Morgan fingerprint density at radius 3 is 2.40 bits per heavy atom. The molecule has 0 aliphatic heterocycles. The lowest BCUT2D eigenvalue weighted by molar-refractivity contribution is 0.552. The molecule has 4 N–H and O–H groups in total. The zero-order valence-corrected chi connectivity index (χ0v) is 10.0. The third kappa shape index (κ3) is 4.61. The van der Waals surface area contributed by atoms with Crippen molar-refractivity contribution in [1.29, 1.82) is 0 Å². The Bertz CT molecular complexity index is 335. The van der Waals surface area contributed by atoms with E-state index in [0.29, 0.717) is 11.5 Å². The fourth-order valence-corrected chi connectivity index (χ4v) is 0.871. The van der Waals surface area contributed by atoms with Crippen molar-refractivity contribution in [1.82, 2.24) is 0 Å². The van der Waals surface area contributed by atoms with Crippen molar-refractivity contribution >= 4 is 17.3 Å². The van der Waals surface area contributed by atoms with E-state index >= 15 is 0 Å². The van der Waals surface area contributed by atoms with Crippen LogP contribution in [0.1, 0.15) is 26.5 Å². The highest BCUT2D eigenvalue weighted by Gasteiger charge is 1.99. The zero-order chi connectivity index (χ0) is 11.8. The van der Waals surface area contributed by atoms with Crippen LogP contribution in [0, 0.1) is 0 Å². The molecule has 0 unspecified atom stereocenters. The Balaban J connectivity index is 0.000000921. The lowest BCUT2D eigenvalue weighted by Crippen LogP contribution is -1.97. The molecule has 3 nitrogen and oxygen atoms in total. The van der Waals surface area contributed by atoms with Gasteiger partial charge in [0.1, 0.15) is 10.9 Å². The molecule has 1 aromatic heterocycles. The fourth-order valence-electron chi connectivity index (χ4n) is 0.816. The van der Waals surface area contributed by atoms with Crippen LogP contribution in [0.5, 0.6) is 0 Å². The van der Waals surface area contributed by atoms with Gasteiger partial charge in [-0.2, -0.15) is 0 Å². The zero-order valence-electron chi connectivity index (χ0n) is 9.25. The summed E-state index contributed by atoms with van der Waals surface area (Å²) in [4.78, 5) is 0. The topological polar surface area (TPSA) is 65.2 Å². The maximum atomic E-state index is 5.70. The van der Waals surface area contributed by atoms with Gasteiger partial charge in [0.15, 0.2) is 0 Å². The molecule has 0 saturated heterocycles. The van der Waals surface area contributed by atoms with Gasteiger partial charge in [-0.15, -0.1) is 0 Å².